The highest BCUT2D eigenvalue weighted by molar-refractivity contribution is 5.56. The van der Waals surface area contributed by atoms with E-state index in [9.17, 15) is 4.79 Å². The van der Waals surface area contributed by atoms with Gasteiger partial charge >= 0.3 is 0 Å². The SMILES string of the molecule is O=c1ccnc(-c2cccc(C3CC3)c2)[nH]1. The molecule has 1 aliphatic carbocycles. The average molecular weight is 212 g/mol. The van der Waals surface area contributed by atoms with Crippen molar-refractivity contribution in [1.29, 1.82) is 0 Å². The molecule has 1 saturated carbocycles. The molecule has 0 saturated heterocycles. The predicted octanol–water partition coefficient (Wildman–Crippen LogP) is 2.31. The van der Waals surface area contributed by atoms with Crippen LogP contribution in [0.3, 0.4) is 0 Å². The lowest BCUT2D eigenvalue weighted by molar-refractivity contribution is 1.10. The first-order valence-electron chi connectivity index (χ1n) is 5.48. The quantitative estimate of drug-likeness (QED) is 0.830. The summed E-state index contributed by atoms with van der Waals surface area (Å²) in [5, 5.41) is 0. The van der Waals surface area contributed by atoms with E-state index in [4.69, 9.17) is 0 Å². The standard InChI is InChI=1S/C13H12N2O/c16-12-6-7-14-13(15-12)11-3-1-2-10(8-11)9-4-5-9/h1-3,6-9H,4-5H2,(H,14,15,16). The zero-order chi connectivity index (χ0) is 11.0. The van der Waals surface area contributed by atoms with E-state index in [1.807, 2.05) is 12.1 Å². The molecule has 0 unspecified atom stereocenters. The molecule has 0 bridgehead atoms. The number of aromatic nitrogens is 2. The smallest absolute Gasteiger partial charge is 0.251 e. The molecule has 16 heavy (non-hydrogen) atoms. The summed E-state index contributed by atoms with van der Waals surface area (Å²) in [7, 11) is 0. The van der Waals surface area contributed by atoms with Crippen LogP contribution in [0, 0.1) is 0 Å². The Bertz CT molecular complexity index is 570. The van der Waals surface area contributed by atoms with E-state index in [1.165, 1.54) is 30.7 Å². The van der Waals surface area contributed by atoms with Crippen molar-refractivity contribution in [2.24, 2.45) is 0 Å². The van der Waals surface area contributed by atoms with Crippen LogP contribution < -0.4 is 5.56 Å². The van der Waals surface area contributed by atoms with Crippen molar-refractivity contribution < 1.29 is 0 Å². The topological polar surface area (TPSA) is 45.8 Å². The number of rotatable bonds is 2. The van der Waals surface area contributed by atoms with Crippen molar-refractivity contribution >= 4 is 0 Å². The van der Waals surface area contributed by atoms with E-state index >= 15 is 0 Å². The molecular formula is C13H12N2O. The second kappa shape index (κ2) is 3.59. The third kappa shape index (κ3) is 1.76. The van der Waals surface area contributed by atoms with E-state index in [2.05, 4.69) is 22.1 Å². The third-order valence-corrected chi connectivity index (χ3v) is 2.88. The summed E-state index contributed by atoms with van der Waals surface area (Å²) in [5.41, 5.74) is 2.23. The number of nitrogens with one attached hydrogen (secondary N) is 1. The zero-order valence-corrected chi connectivity index (χ0v) is 8.81. The molecule has 1 aromatic heterocycles. The Labute approximate surface area is 93.2 Å². The first kappa shape index (κ1) is 9.33. The van der Waals surface area contributed by atoms with Crippen LogP contribution in [0.2, 0.25) is 0 Å². The minimum atomic E-state index is -0.109. The summed E-state index contributed by atoms with van der Waals surface area (Å²) in [6, 6.07) is 9.69. The van der Waals surface area contributed by atoms with Crippen molar-refractivity contribution in [3.63, 3.8) is 0 Å². The van der Waals surface area contributed by atoms with Crippen LogP contribution in [-0.2, 0) is 0 Å². The lowest BCUT2D eigenvalue weighted by atomic mass is 10.1. The van der Waals surface area contributed by atoms with Crippen molar-refractivity contribution in [1.82, 2.24) is 9.97 Å². The molecule has 1 heterocycles. The lowest BCUT2D eigenvalue weighted by Crippen LogP contribution is -2.05. The first-order chi connectivity index (χ1) is 7.83. The summed E-state index contributed by atoms with van der Waals surface area (Å²) >= 11 is 0. The third-order valence-electron chi connectivity index (χ3n) is 2.88. The Morgan fingerprint density at radius 3 is 2.88 bits per heavy atom. The van der Waals surface area contributed by atoms with Gasteiger partial charge in [0.15, 0.2) is 0 Å². The zero-order valence-electron chi connectivity index (χ0n) is 8.81. The minimum Gasteiger partial charge on any atom is -0.307 e. The largest absolute Gasteiger partial charge is 0.307 e. The number of hydrogen-bond donors (Lipinski definition) is 1. The van der Waals surface area contributed by atoms with Crippen LogP contribution >= 0.6 is 0 Å². The van der Waals surface area contributed by atoms with E-state index in [0.29, 0.717) is 5.82 Å². The van der Waals surface area contributed by atoms with E-state index < -0.39 is 0 Å². The number of benzene rings is 1. The van der Waals surface area contributed by atoms with Gasteiger partial charge in [0.1, 0.15) is 5.82 Å². The van der Waals surface area contributed by atoms with E-state index in [1.54, 1.807) is 0 Å². The van der Waals surface area contributed by atoms with Gasteiger partial charge in [0, 0.05) is 17.8 Å². The van der Waals surface area contributed by atoms with Crippen LogP contribution in [0.4, 0.5) is 0 Å². The molecule has 0 aliphatic heterocycles. The molecule has 1 fully saturated rings. The van der Waals surface area contributed by atoms with Gasteiger partial charge < -0.3 is 4.98 Å². The summed E-state index contributed by atoms with van der Waals surface area (Å²) in [6.07, 6.45) is 4.10. The Morgan fingerprint density at radius 1 is 1.25 bits per heavy atom. The molecule has 1 aromatic carbocycles. The van der Waals surface area contributed by atoms with Crippen LogP contribution in [0.1, 0.15) is 24.3 Å². The second-order valence-electron chi connectivity index (χ2n) is 4.18. The van der Waals surface area contributed by atoms with Gasteiger partial charge in [-0.1, -0.05) is 18.2 Å². The molecule has 80 valence electrons. The summed E-state index contributed by atoms with van der Waals surface area (Å²) in [5.74, 6) is 1.37. The number of nitrogens with zero attached hydrogens (tertiary/aromatic N) is 1. The fourth-order valence-electron chi connectivity index (χ4n) is 1.87. The molecule has 3 heteroatoms. The van der Waals surface area contributed by atoms with Gasteiger partial charge in [0.2, 0.25) is 0 Å². The van der Waals surface area contributed by atoms with Gasteiger partial charge in [-0.05, 0) is 30.4 Å². The highest BCUT2D eigenvalue weighted by Crippen LogP contribution is 2.40. The summed E-state index contributed by atoms with van der Waals surface area (Å²) in [4.78, 5) is 18.1. The van der Waals surface area contributed by atoms with Gasteiger partial charge in [0.05, 0.1) is 0 Å². The van der Waals surface area contributed by atoms with Gasteiger partial charge in [-0.3, -0.25) is 4.79 Å². The summed E-state index contributed by atoms with van der Waals surface area (Å²) < 4.78 is 0. The monoisotopic (exact) mass is 212 g/mol. The maximum Gasteiger partial charge on any atom is 0.251 e. The molecule has 1 aliphatic rings. The number of H-pyrrole nitrogens is 1. The fourth-order valence-corrected chi connectivity index (χ4v) is 1.87. The molecular weight excluding hydrogens is 200 g/mol. The van der Waals surface area contributed by atoms with E-state index in [-0.39, 0.29) is 5.56 Å². The predicted molar refractivity (Wildman–Crippen MR) is 62.3 cm³/mol. The molecule has 1 N–H and O–H groups in total. The maximum absolute atomic E-state index is 11.2. The van der Waals surface area contributed by atoms with Crippen molar-refractivity contribution in [3.8, 4) is 11.4 Å². The molecule has 3 rings (SSSR count). The van der Waals surface area contributed by atoms with Crippen molar-refractivity contribution in [2.45, 2.75) is 18.8 Å². The highest BCUT2D eigenvalue weighted by Gasteiger charge is 2.23. The van der Waals surface area contributed by atoms with Crippen LogP contribution in [0.25, 0.3) is 11.4 Å². The Morgan fingerprint density at radius 2 is 2.12 bits per heavy atom. The number of aromatic amines is 1. The van der Waals surface area contributed by atoms with Gasteiger partial charge in [-0.25, -0.2) is 4.98 Å². The Balaban J connectivity index is 2.05. The Hall–Kier alpha value is -1.90. The lowest BCUT2D eigenvalue weighted by Gasteiger charge is -2.03. The van der Waals surface area contributed by atoms with Crippen LogP contribution in [0.5, 0.6) is 0 Å². The van der Waals surface area contributed by atoms with Crippen molar-refractivity contribution in [2.75, 3.05) is 0 Å². The second-order valence-corrected chi connectivity index (χ2v) is 4.18. The highest BCUT2D eigenvalue weighted by atomic mass is 16.1. The van der Waals surface area contributed by atoms with Crippen LogP contribution in [-0.4, -0.2) is 9.97 Å². The molecule has 0 atom stereocenters. The fraction of sp³-hybridized carbons (Fsp3) is 0.231. The van der Waals surface area contributed by atoms with Gasteiger partial charge in [-0.15, -0.1) is 0 Å². The number of hydrogen-bond acceptors (Lipinski definition) is 2. The molecule has 0 amide bonds. The van der Waals surface area contributed by atoms with Gasteiger partial charge in [-0.2, -0.15) is 0 Å². The molecule has 2 aromatic rings. The first-order valence-corrected chi connectivity index (χ1v) is 5.48. The van der Waals surface area contributed by atoms with Crippen LogP contribution in [0.15, 0.2) is 41.3 Å². The molecule has 0 spiro atoms. The molecule has 0 radical (unpaired) electrons. The Kier molecular flexibility index (Phi) is 2.10. The van der Waals surface area contributed by atoms with Crippen molar-refractivity contribution in [3.05, 3.63) is 52.4 Å². The summed E-state index contributed by atoms with van der Waals surface area (Å²) in [6.45, 7) is 0. The minimum absolute atomic E-state index is 0.109. The molecule has 3 nitrogen and oxygen atoms in total. The van der Waals surface area contributed by atoms with Gasteiger partial charge in [0.25, 0.3) is 5.56 Å². The normalized spacial score (nSPS) is 15.0. The maximum atomic E-state index is 11.2. The van der Waals surface area contributed by atoms with E-state index in [0.717, 1.165) is 11.5 Å². The average Bonchev–Trinajstić information content (AvgIpc) is 3.13.